The molecule has 2 rings (SSSR count). The first-order valence-electron chi connectivity index (χ1n) is 6.63. The molecule has 2 nitrogen and oxygen atoms in total. The Kier molecular flexibility index (Phi) is 4.60. The second-order valence-corrected chi connectivity index (χ2v) is 6.74. The van der Waals surface area contributed by atoms with E-state index in [0.29, 0.717) is 6.04 Å². The summed E-state index contributed by atoms with van der Waals surface area (Å²) in [5.41, 5.74) is 1.51. The van der Waals surface area contributed by atoms with Gasteiger partial charge in [0.05, 0.1) is 0 Å². The highest BCUT2D eigenvalue weighted by Gasteiger charge is 2.15. The molecule has 0 aliphatic carbocycles. The van der Waals surface area contributed by atoms with E-state index in [9.17, 15) is 0 Å². The third kappa shape index (κ3) is 3.80. The fraction of sp³-hybridized carbons (Fsp3) is 0.714. The van der Waals surface area contributed by atoms with Gasteiger partial charge in [-0.25, -0.2) is 0 Å². The van der Waals surface area contributed by atoms with E-state index < -0.39 is 0 Å². The normalized spacial score (nSPS) is 21.1. The van der Waals surface area contributed by atoms with Crippen molar-refractivity contribution in [1.82, 2.24) is 10.2 Å². The molecule has 96 valence electrons. The highest BCUT2D eigenvalue weighted by atomic mass is 32.1. The molecule has 0 bridgehead atoms. The van der Waals surface area contributed by atoms with Crippen LogP contribution in [0.15, 0.2) is 6.07 Å². The number of aryl methyl sites for hydroxylation is 2. The summed E-state index contributed by atoms with van der Waals surface area (Å²) in [6.45, 7) is 7.90. The zero-order valence-electron chi connectivity index (χ0n) is 11.3. The lowest BCUT2D eigenvalue weighted by Gasteiger charge is -2.28. The summed E-state index contributed by atoms with van der Waals surface area (Å²) in [7, 11) is 2.24. The van der Waals surface area contributed by atoms with Crippen molar-refractivity contribution in [3.63, 3.8) is 0 Å². The number of likely N-dealkylation sites (N-methyl/N-ethyl adjacent to an activating group) is 1. The average Bonchev–Trinajstić information content (AvgIpc) is 2.58. The Morgan fingerprint density at radius 1 is 1.41 bits per heavy atom. The largest absolute Gasteiger partial charge is 0.313 e. The van der Waals surface area contributed by atoms with Gasteiger partial charge in [-0.15, -0.1) is 11.3 Å². The Morgan fingerprint density at radius 2 is 2.24 bits per heavy atom. The summed E-state index contributed by atoms with van der Waals surface area (Å²) in [5, 5.41) is 3.62. The molecule has 1 N–H and O–H groups in total. The van der Waals surface area contributed by atoms with Crippen molar-refractivity contribution in [1.29, 1.82) is 0 Å². The van der Waals surface area contributed by atoms with E-state index in [1.807, 2.05) is 11.3 Å². The van der Waals surface area contributed by atoms with Gasteiger partial charge in [0, 0.05) is 28.9 Å². The van der Waals surface area contributed by atoms with Crippen LogP contribution in [0.3, 0.4) is 0 Å². The van der Waals surface area contributed by atoms with Crippen molar-refractivity contribution >= 4 is 11.3 Å². The van der Waals surface area contributed by atoms with E-state index in [1.165, 1.54) is 47.7 Å². The highest BCUT2D eigenvalue weighted by Crippen LogP contribution is 2.21. The summed E-state index contributed by atoms with van der Waals surface area (Å²) < 4.78 is 0. The van der Waals surface area contributed by atoms with Crippen LogP contribution >= 0.6 is 11.3 Å². The quantitative estimate of drug-likeness (QED) is 0.886. The second-order valence-electron chi connectivity index (χ2n) is 5.28. The predicted molar refractivity (Wildman–Crippen MR) is 75.8 cm³/mol. The standard InChI is InChI=1S/C14H24N2S/c1-11-8-13(12(2)17-11)9-16(3)10-14-6-4-5-7-15-14/h8,14-15H,4-7,9-10H2,1-3H3. The summed E-state index contributed by atoms with van der Waals surface area (Å²) in [5.74, 6) is 0. The van der Waals surface area contributed by atoms with Gasteiger partial charge in [-0.3, -0.25) is 0 Å². The molecule has 1 saturated heterocycles. The number of nitrogens with one attached hydrogen (secondary N) is 1. The van der Waals surface area contributed by atoms with Crippen LogP contribution in [-0.4, -0.2) is 31.1 Å². The average molecular weight is 252 g/mol. The van der Waals surface area contributed by atoms with Crippen LogP contribution in [0, 0.1) is 13.8 Å². The molecule has 1 aromatic rings. The molecule has 1 aromatic heterocycles. The minimum atomic E-state index is 0.703. The van der Waals surface area contributed by atoms with E-state index in [0.717, 1.165) is 6.54 Å². The van der Waals surface area contributed by atoms with Crippen molar-refractivity contribution in [3.05, 3.63) is 21.4 Å². The highest BCUT2D eigenvalue weighted by molar-refractivity contribution is 7.12. The van der Waals surface area contributed by atoms with Gasteiger partial charge in [0.1, 0.15) is 0 Å². The Morgan fingerprint density at radius 3 is 2.82 bits per heavy atom. The van der Waals surface area contributed by atoms with Gasteiger partial charge in [0.2, 0.25) is 0 Å². The smallest absolute Gasteiger partial charge is 0.0242 e. The first-order chi connectivity index (χ1) is 8.15. The second kappa shape index (κ2) is 5.98. The van der Waals surface area contributed by atoms with Crippen molar-refractivity contribution in [3.8, 4) is 0 Å². The fourth-order valence-corrected chi connectivity index (χ4v) is 3.59. The first kappa shape index (κ1) is 13.1. The van der Waals surface area contributed by atoms with Gasteiger partial charge in [-0.1, -0.05) is 6.42 Å². The maximum atomic E-state index is 3.62. The van der Waals surface area contributed by atoms with Gasteiger partial charge in [0.25, 0.3) is 0 Å². The topological polar surface area (TPSA) is 15.3 Å². The monoisotopic (exact) mass is 252 g/mol. The maximum absolute atomic E-state index is 3.62. The van der Waals surface area contributed by atoms with Gasteiger partial charge in [-0.2, -0.15) is 0 Å². The molecule has 0 spiro atoms. The SMILES string of the molecule is Cc1cc(CN(C)CC2CCCCN2)c(C)s1. The summed E-state index contributed by atoms with van der Waals surface area (Å²) in [4.78, 5) is 5.37. The number of thiophene rings is 1. The fourth-order valence-electron chi connectivity index (χ4n) is 2.65. The summed E-state index contributed by atoms with van der Waals surface area (Å²) in [6.07, 6.45) is 4.08. The van der Waals surface area contributed by atoms with Gasteiger partial charge >= 0.3 is 0 Å². The minimum Gasteiger partial charge on any atom is -0.313 e. The molecule has 2 heterocycles. The Hall–Kier alpha value is -0.380. The minimum absolute atomic E-state index is 0.703. The molecular formula is C14H24N2S. The summed E-state index contributed by atoms with van der Waals surface area (Å²) >= 11 is 1.91. The van der Waals surface area contributed by atoms with Crippen LogP contribution in [0.2, 0.25) is 0 Å². The number of hydrogen-bond acceptors (Lipinski definition) is 3. The number of rotatable bonds is 4. The van der Waals surface area contributed by atoms with Crippen LogP contribution in [0.5, 0.6) is 0 Å². The lowest BCUT2D eigenvalue weighted by atomic mass is 10.0. The molecular weight excluding hydrogens is 228 g/mol. The number of nitrogens with zero attached hydrogens (tertiary/aromatic N) is 1. The Labute approximate surface area is 109 Å². The van der Waals surface area contributed by atoms with Gasteiger partial charge < -0.3 is 10.2 Å². The number of piperidine rings is 1. The molecule has 1 fully saturated rings. The molecule has 0 radical (unpaired) electrons. The van der Waals surface area contributed by atoms with E-state index in [1.54, 1.807) is 0 Å². The summed E-state index contributed by atoms with van der Waals surface area (Å²) in [6, 6.07) is 3.04. The van der Waals surface area contributed by atoms with Crippen molar-refractivity contribution in [2.24, 2.45) is 0 Å². The van der Waals surface area contributed by atoms with E-state index in [2.05, 4.69) is 37.2 Å². The first-order valence-corrected chi connectivity index (χ1v) is 7.44. The predicted octanol–water partition coefficient (Wildman–Crippen LogP) is 2.94. The Bertz CT molecular complexity index is 353. The van der Waals surface area contributed by atoms with E-state index >= 15 is 0 Å². The lowest BCUT2D eigenvalue weighted by Crippen LogP contribution is -2.42. The molecule has 1 atom stereocenters. The van der Waals surface area contributed by atoms with Crippen LogP contribution in [0.1, 0.15) is 34.6 Å². The zero-order chi connectivity index (χ0) is 12.3. The van der Waals surface area contributed by atoms with Crippen molar-refractivity contribution in [2.75, 3.05) is 20.1 Å². The van der Waals surface area contributed by atoms with Crippen LogP contribution < -0.4 is 5.32 Å². The molecule has 0 saturated carbocycles. The van der Waals surface area contributed by atoms with Crippen molar-refractivity contribution < 1.29 is 0 Å². The van der Waals surface area contributed by atoms with E-state index in [-0.39, 0.29) is 0 Å². The van der Waals surface area contributed by atoms with Gasteiger partial charge in [-0.05, 0) is 51.9 Å². The van der Waals surface area contributed by atoms with Crippen LogP contribution in [0.4, 0.5) is 0 Å². The molecule has 1 unspecified atom stereocenters. The third-order valence-electron chi connectivity index (χ3n) is 3.53. The maximum Gasteiger partial charge on any atom is 0.0242 e. The number of hydrogen-bond donors (Lipinski definition) is 1. The molecule has 1 aliphatic rings. The van der Waals surface area contributed by atoms with Crippen LogP contribution in [0.25, 0.3) is 0 Å². The third-order valence-corrected chi connectivity index (χ3v) is 4.54. The molecule has 3 heteroatoms. The van der Waals surface area contributed by atoms with Crippen molar-refractivity contribution in [2.45, 2.75) is 45.7 Å². The lowest BCUT2D eigenvalue weighted by molar-refractivity contribution is 0.256. The molecule has 0 amide bonds. The zero-order valence-corrected chi connectivity index (χ0v) is 12.1. The van der Waals surface area contributed by atoms with E-state index in [4.69, 9.17) is 0 Å². The molecule has 1 aliphatic heterocycles. The Balaban J connectivity index is 1.83. The molecule has 17 heavy (non-hydrogen) atoms. The van der Waals surface area contributed by atoms with Crippen LogP contribution in [-0.2, 0) is 6.54 Å². The molecule has 0 aromatic carbocycles. The van der Waals surface area contributed by atoms with Gasteiger partial charge in [0.15, 0.2) is 0 Å².